The number of carbonyl (C=O) groups excluding carboxylic acids is 1. The number of rotatable bonds is 6. The zero-order valence-electron chi connectivity index (χ0n) is 17.8. The lowest BCUT2D eigenvalue weighted by Gasteiger charge is -2.26. The van der Waals surface area contributed by atoms with E-state index < -0.39 is 15.9 Å². The zero-order valence-corrected chi connectivity index (χ0v) is 19.4. The summed E-state index contributed by atoms with van der Waals surface area (Å²) in [5, 5.41) is 14.5. The summed E-state index contributed by atoms with van der Waals surface area (Å²) < 4.78 is 27.3. The predicted octanol–water partition coefficient (Wildman–Crippen LogP) is 4.53. The monoisotopic (exact) mass is 478 g/mol. The first-order valence-corrected chi connectivity index (χ1v) is 12.8. The van der Waals surface area contributed by atoms with Crippen LogP contribution in [0.3, 0.4) is 0 Å². The minimum absolute atomic E-state index is 0.117. The second kappa shape index (κ2) is 10.1. The molecule has 1 aliphatic rings. The molecule has 1 aromatic heterocycles. The number of benzene rings is 2. The number of nitrogens with zero attached hydrogens (tertiary/aromatic N) is 3. The number of sulfonamides is 1. The number of hydrogen-bond acceptors (Lipinski definition) is 6. The van der Waals surface area contributed by atoms with Gasteiger partial charge in [0.15, 0.2) is 0 Å². The molecule has 0 aliphatic carbocycles. The molecule has 2 aromatic carbocycles. The van der Waals surface area contributed by atoms with Crippen LogP contribution in [0.5, 0.6) is 0 Å². The fourth-order valence-corrected chi connectivity index (χ4v) is 5.88. The third-order valence-corrected chi connectivity index (χ3v) is 7.96. The summed E-state index contributed by atoms with van der Waals surface area (Å²) in [6.45, 7) is 0.998. The van der Waals surface area contributed by atoms with E-state index in [2.05, 4.69) is 10.3 Å². The summed E-state index contributed by atoms with van der Waals surface area (Å²) in [7, 11) is -3.62. The molecule has 1 aliphatic heterocycles. The van der Waals surface area contributed by atoms with Crippen LogP contribution in [0.4, 0.5) is 5.69 Å². The Bertz CT molecular complexity index is 1320. The van der Waals surface area contributed by atoms with E-state index in [9.17, 15) is 18.5 Å². The average molecular weight is 479 g/mol. The van der Waals surface area contributed by atoms with E-state index in [1.165, 1.54) is 33.9 Å². The van der Waals surface area contributed by atoms with Crippen molar-refractivity contribution in [3.8, 4) is 17.3 Å². The number of piperidine rings is 1. The van der Waals surface area contributed by atoms with Crippen molar-refractivity contribution in [2.75, 3.05) is 18.4 Å². The quantitative estimate of drug-likeness (QED) is 0.414. The van der Waals surface area contributed by atoms with Gasteiger partial charge in [0.05, 0.1) is 10.6 Å². The van der Waals surface area contributed by atoms with Crippen molar-refractivity contribution >= 4 is 39.0 Å². The first-order valence-electron chi connectivity index (χ1n) is 10.5. The predicted molar refractivity (Wildman–Crippen MR) is 129 cm³/mol. The molecule has 0 radical (unpaired) electrons. The summed E-state index contributed by atoms with van der Waals surface area (Å²) in [4.78, 5) is 17.3. The SMILES string of the molecule is N#CC(=Cc1nc(-c2ccccc2)cs1)C(=O)Nc1cccc(S(=O)(=O)N2CCCCC2)c1. The molecule has 1 fully saturated rings. The number of thiazole rings is 1. The first-order chi connectivity index (χ1) is 16.0. The molecule has 0 spiro atoms. The molecule has 2 heterocycles. The maximum Gasteiger partial charge on any atom is 0.266 e. The van der Waals surface area contributed by atoms with Crippen LogP contribution in [-0.4, -0.2) is 36.7 Å². The molecule has 33 heavy (non-hydrogen) atoms. The molecular formula is C24H22N4O3S2. The van der Waals surface area contributed by atoms with Gasteiger partial charge >= 0.3 is 0 Å². The maximum atomic E-state index is 12.9. The van der Waals surface area contributed by atoms with Crippen molar-refractivity contribution in [3.05, 3.63) is 70.6 Å². The lowest BCUT2D eigenvalue weighted by molar-refractivity contribution is -0.112. The number of carbonyl (C=O) groups is 1. The lowest BCUT2D eigenvalue weighted by Crippen LogP contribution is -2.35. The third kappa shape index (κ3) is 5.37. The molecule has 0 unspecified atom stereocenters. The van der Waals surface area contributed by atoms with E-state index in [-0.39, 0.29) is 10.5 Å². The van der Waals surface area contributed by atoms with Gasteiger partial charge in [0, 0.05) is 29.7 Å². The van der Waals surface area contributed by atoms with Crippen molar-refractivity contribution in [2.45, 2.75) is 24.2 Å². The van der Waals surface area contributed by atoms with Crippen LogP contribution in [0.15, 0.2) is 70.4 Å². The van der Waals surface area contributed by atoms with E-state index in [0.717, 1.165) is 30.5 Å². The summed E-state index contributed by atoms with van der Waals surface area (Å²) in [6, 6.07) is 17.6. The van der Waals surface area contributed by atoms with Gasteiger partial charge < -0.3 is 5.32 Å². The summed E-state index contributed by atoms with van der Waals surface area (Å²) in [6.07, 6.45) is 4.14. The Hall–Kier alpha value is -3.32. The number of nitrogens with one attached hydrogen (secondary N) is 1. The van der Waals surface area contributed by atoms with Crippen LogP contribution in [0.1, 0.15) is 24.3 Å². The highest BCUT2D eigenvalue weighted by molar-refractivity contribution is 7.89. The van der Waals surface area contributed by atoms with Gasteiger partial charge in [-0.1, -0.05) is 42.8 Å². The van der Waals surface area contributed by atoms with Gasteiger partial charge in [-0.15, -0.1) is 11.3 Å². The Kier molecular flexibility index (Phi) is 6.99. The molecule has 3 aromatic rings. The summed E-state index contributed by atoms with van der Waals surface area (Å²) in [5.74, 6) is -0.624. The molecule has 0 saturated carbocycles. The summed E-state index contributed by atoms with van der Waals surface area (Å²) in [5.41, 5.74) is 1.90. The van der Waals surface area contributed by atoms with Gasteiger partial charge in [-0.3, -0.25) is 4.79 Å². The second-order valence-corrected chi connectivity index (χ2v) is 10.4. The van der Waals surface area contributed by atoms with Gasteiger partial charge in [0.25, 0.3) is 5.91 Å². The smallest absolute Gasteiger partial charge is 0.266 e. The number of hydrogen-bond donors (Lipinski definition) is 1. The highest BCUT2D eigenvalue weighted by Crippen LogP contribution is 2.25. The van der Waals surface area contributed by atoms with E-state index in [1.54, 1.807) is 12.1 Å². The molecular weight excluding hydrogens is 456 g/mol. The molecule has 0 bridgehead atoms. The minimum Gasteiger partial charge on any atom is -0.321 e. The van der Waals surface area contributed by atoms with Crippen LogP contribution in [0.25, 0.3) is 17.3 Å². The van der Waals surface area contributed by atoms with Gasteiger partial charge in [0.1, 0.15) is 16.6 Å². The van der Waals surface area contributed by atoms with Crippen LogP contribution in [0.2, 0.25) is 0 Å². The van der Waals surface area contributed by atoms with Crippen molar-refractivity contribution in [1.82, 2.24) is 9.29 Å². The van der Waals surface area contributed by atoms with Gasteiger partial charge in [-0.2, -0.15) is 9.57 Å². The minimum atomic E-state index is -3.62. The third-order valence-electron chi connectivity index (χ3n) is 5.27. The fraction of sp³-hybridized carbons (Fsp3) is 0.208. The largest absolute Gasteiger partial charge is 0.321 e. The van der Waals surface area contributed by atoms with Crippen molar-refractivity contribution in [2.24, 2.45) is 0 Å². The topological polar surface area (TPSA) is 103 Å². The van der Waals surface area contributed by atoms with E-state index >= 15 is 0 Å². The van der Waals surface area contributed by atoms with Gasteiger partial charge in [0.2, 0.25) is 10.0 Å². The number of amides is 1. The molecule has 1 saturated heterocycles. The normalized spacial score (nSPS) is 15.1. The molecule has 9 heteroatoms. The molecule has 7 nitrogen and oxygen atoms in total. The van der Waals surface area contributed by atoms with E-state index in [1.807, 2.05) is 41.8 Å². The van der Waals surface area contributed by atoms with Crippen LogP contribution < -0.4 is 5.32 Å². The Balaban J connectivity index is 1.51. The van der Waals surface area contributed by atoms with Gasteiger partial charge in [-0.25, -0.2) is 13.4 Å². The Morgan fingerprint density at radius 3 is 2.58 bits per heavy atom. The molecule has 1 amide bonds. The standard InChI is InChI=1S/C24H22N4O3S2/c25-16-19(14-23-27-22(17-32-23)18-8-3-1-4-9-18)24(29)26-20-10-7-11-21(15-20)33(30,31)28-12-5-2-6-13-28/h1,3-4,7-11,14-15,17H,2,5-6,12-13H2,(H,26,29). The molecule has 168 valence electrons. The average Bonchev–Trinajstić information content (AvgIpc) is 3.32. The lowest BCUT2D eigenvalue weighted by atomic mass is 10.2. The van der Waals surface area contributed by atoms with Gasteiger partial charge in [-0.05, 0) is 37.1 Å². The Morgan fingerprint density at radius 2 is 1.85 bits per heavy atom. The van der Waals surface area contributed by atoms with E-state index in [0.29, 0.717) is 23.8 Å². The summed E-state index contributed by atoms with van der Waals surface area (Å²) >= 11 is 1.33. The second-order valence-electron chi connectivity index (χ2n) is 7.55. The molecule has 1 N–H and O–H groups in total. The zero-order chi connectivity index (χ0) is 23.3. The van der Waals surface area contributed by atoms with Crippen molar-refractivity contribution in [3.63, 3.8) is 0 Å². The van der Waals surface area contributed by atoms with Crippen LogP contribution in [0, 0.1) is 11.3 Å². The number of nitriles is 1. The molecule has 0 atom stereocenters. The highest BCUT2D eigenvalue weighted by Gasteiger charge is 2.26. The van der Waals surface area contributed by atoms with Crippen LogP contribution in [-0.2, 0) is 14.8 Å². The molecule has 4 rings (SSSR count). The van der Waals surface area contributed by atoms with Crippen molar-refractivity contribution < 1.29 is 13.2 Å². The Labute approximate surface area is 197 Å². The first kappa shape index (κ1) is 22.9. The number of aromatic nitrogens is 1. The number of anilines is 1. The Morgan fingerprint density at radius 1 is 1.09 bits per heavy atom. The van der Waals surface area contributed by atoms with Crippen molar-refractivity contribution in [1.29, 1.82) is 5.26 Å². The fourth-order valence-electron chi connectivity index (χ4n) is 3.55. The van der Waals surface area contributed by atoms with E-state index in [4.69, 9.17) is 0 Å². The highest BCUT2D eigenvalue weighted by atomic mass is 32.2. The maximum absolute atomic E-state index is 12.9. The van der Waals surface area contributed by atoms with Crippen LogP contribution >= 0.6 is 11.3 Å².